The SMILES string of the molecule is CC(c1ccccc1F)n1cc(C(=O)NCCN2CCCCC2)nn1. The summed E-state index contributed by atoms with van der Waals surface area (Å²) < 4.78 is 15.4. The highest BCUT2D eigenvalue weighted by Crippen LogP contribution is 2.19. The van der Waals surface area contributed by atoms with Crippen molar-refractivity contribution in [3.05, 3.63) is 47.5 Å². The van der Waals surface area contributed by atoms with E-state index >= 15 is 0 Å². The first-order valence-electron chi connectivity index (χ1n) is 8.82. The highest BCUT2D eigenvalue weighted by Gasteiger charge is 2.17. The van der Waals surface area contributed by atoms with Crippen LogP contribution in [0.4, 0.5) is 4.39 Å². The minimum Gasteiger partial charge on any atom is -0.349 e. The fraction of sp³-hybridized carbons (Fsp3) is 0.500. The van der Waals surface area contributed by atoms with Gasteiger partial charge in [0.15, 0.2) is 5.69 Å². The third-order valence-electron chi connectivity index (χ3n) is 4.66. The molecule has 6 nitrogen and oxygen atoms in total. The molecular weight excluding hydrogens is 321 g/mol. The van der Waals surface area contributed by atoms with E-state index in [1.165, 1.54) is 30.0 Å². The van der Waals surface area contributed by atoms with Crippen LogP contribution < -0.4 is 5.32 Å². The molecule has 0 spiro atoms. The lowest BCUT2D eigenvalue weighted by Crippen LogP contribution is -2.37. The normalized spacial score (nSPS) is 16.6. The monoisotopic (exact) mass is 345 g/mol. The maximum absolute atomic E-state index is 13.9. The minimum absolute atomic E-state index is 0.246. The molecule has 3 rings (SSSR count). The van der Waals surface area contributed by atoms with Crippen molar-refractivity contribution >= 4 is 5.91 Å². The fourth-order valence-electron chi connectivity index (χ4n) is 3.13. The van der Waals surface area contributed by atoms with Crippen LogP contribution in [0.3, 0.4) is 0 Å². The van der Waals surface area contributed by atoms with E-state index in [1.807, 2.05) is 6.92 Å². The van der Waals surface area contributed by atoms with Crippen LogP contribution in [-0.2, 0) is 0 Å². The van der Waals surface area contributed by atoms with Crippen molar-refractivity contribution in [3.8, 4) is 0 Å². The van der Waals surface area contributed by atoms with Crippen LogP contribution in [0.1, 0.15) is 48.3 Å². The highest BCUT2D eigenvalue weighted by molar-refractivity contribution is 5.91. The van der Waals surface area contributed by atoms with Crippen LogP contribution in [0.2, 0.25) is 0 Å². The van der Waals surface area contributed by atoms with E-state index < -0.39 is 0 Å². The summed E-state index contributed by atoms with van der Waals surface area (Å²) in [5.41, 5.74) is 0.770. The van der Waals surface area contributed by atoms with E-state index in [0.717, 1.165) is 19.6 Å². The van der Waals surface area contributed by atoms with Crippen LogP contribution in [0.15, 0.2) is 30.5 Å². The molecule has 1 aromatic carbocycles. The van der Waals surface area contributed by atoms with Gasteiger partial charge in [0.1, 0.15) is 5.82 Å². The van der Waals surface area contributed by atoms with Crippen LogP contribution >= 0.6 is 0 Å². The van der Waals surface area contributed by atoms with Gasteiger partial charge in [-0.25, -0.2) is 9.07 Å². The molecule has 2 aromatic rings. The molecule has 1 aliphatic rings. The molecule has 1 amide bonds. The molecule has 1 saturated heterocycles. The predicted molar refractivity (Wildman–Crippen MR) is 92.9 cm³/mol. The number of nitrogens with zero attached hydrogens (tertiary/aromatic N) is 4. The summed E-state index contributed by atoms with van der Waals surface area (Å²) in [6.45, 7) is 5.48. The zero-order valence-corrected chi connectivity index (χ0v) is 14.5. The Morgan fingerprint density at radius 3 is 2.80 bits per heavy atom. The largest absolute Gasteiger partial charge is 0.349 e. The average molecular weight is 345 g/mol. The number of hydrogen-bond donors (Lipinski definition) is 1. The molecule has 7 heteroatoms. The fourth-order valence-corrected chi connectivity index (χ4v) is 3.13. The van der Waals surface area contributed by atoms with E-state index in [4.69, 9.17) is 0 Å². The molecule has 1 atom stereocenters. The predicted octanol–water partition coefficient (Wildman–Crippen LogP) is 2.24. The molecular formula is C18H24FN5O. The van der Waals surface area contributed by atoms with E-state index in [2.05, 4.69) is 20.5 Å². The number of carbonyl (C=O) groups is 1. The van der Waals surface area contributed by atoms with E-state index in [1.54, 1.807) is 24.4 Å². The maximum Gasteiger partial charge on any atom is 0.273 e. The number of piperidine rings is 1. The Bertz CT molecular complexity index is 711. The topological polar surface area (TPSA) is 63.1 Å². The van der Waals surface area contributed by atoms with Gasteiger partial charge in [-0.2, -0.15) is 0 Å². The van der Waals surface area contributed by atoms with Crippen molar-refractivity contribution in [3.63, 3.8) is 0 Å². The zero-order chi connectivity index (χ0) is 17.6. The summed E-state index contributed by atoms with van der Waals surface area (Å²) in [5.74, 6) is -0.540. The number of likely N-dealkylation sites (tertiary alicyclic amines) is 1. The van der Waals surface area contributed by atoms with Crippen LogP contribution in [0.25, 0.3) is 0 Å². The Labute approximate surface area is 147 Å². The molecule has 1 fully saturated rings. The molecule has 1 N–H and O–H groups in total. The lowest BCUT2D eigenvalue weighted by Gasteiger charge is -2.26. The van der Waals surface area contributed by atoms with Crippen molar-refractivity contribution in [1.82, 2.24) is 25.2 Å². The second-order valence-electron chi connectivity index (χ2n) is 6.44. The van der Waals surface area contributed by atoms with Gasteiger partial charge in [0.2, 0.25) is 0 Å². The van der Waals surface area contributed by atoms with Gasteiger partial charge in [0.25, 0.3) is 5.91 Å². The Kier molecular flexibility index (Phi) is 5.75. The Hall–Kier alpha value is -2.28. The zero-order valence-electron chi connectivity index (χ0n) is 14.5. The van der Waals surface area contributed by atoms with Gasteiger partial charge in [-0.1, -0.05) is 29.8 Å². The number of aromatic nitrogens is 3. The summed E-state index contributed by atoms with van der Waals surface area (Å²) in [6, 6.07) is 6.22. The molecule has 134 valence electrons. The van der Waals surface area contributed by atoms with Crippen molar-refractivity contribution in [2.24, 2.45) is 0 Å². The van der Waals surface area contributed by atoms with Gasteiger partial charge in [0, 0.05) is 18.7 Å². The van der Waals surface area contributed by atoms with Crippen molar-refractivity contribution < 1.29 is 9.18 Å². The number of halogens is 1. The Morgan fingerprint density at radius 1 is 1.28 bits per heavy atom. The third-order valence-corrected chi connectivity index (χ3v) is 4.66. The first kappa shape index (κ1) is 17.5. The number of rotatable bonds is 6. The Balaban J connectivity index is 1.55. The molecule has 0 bridgehead atoms. The van der Waals surface area contributed by atoms with Crippen molar-refractivity contribution in [2.45, 2.75) is 32.2 Å². The average Bonchev–Trinajstić information content (AvgIpc) is 3.13. The second-order valence-corrected chi connectivity index (χ2v) is 6.44. The van der Waals surface area contributed by atoms with Crippen LogP contribution in [0, 0.1) is 5.82 Å². The smallest absolute Gasteiger partial charge is 0.273 e. The molecule has 1 aliphatic heterocycles. The van der Waals surface area contributed by atoms with Crippen LogP contribution in [-0.4, -0.2) is 52.0 Å². The molecule has 2 heterocycles. The van der Waals surface area contributed by atoms with E-state index in [0.29, 0.717) is 12.1 Å². The van der Waals surface area contributed by atoms with E-state index in [9.17, 15) is 9.18 Å². The first-order chi connectivity index (χ1) is 12.1. The molecule has 0 radical (unpaired) electrons. The summed E-state index contributed by atoms with van der Waals surface area (Å²) in [4.78, 5) is 14.6. The summed E-state index contributed by atoms with van der Waals surface area (Å²) in [6.07, 6.45) is 5.33. The van der Waals surface area contributed by atoms with Gasteiger partial charge in [-0.05, 0) is 38.9 Å². The summed E-state index contributed by atoms with van der Waals surface area (Å²) >= 11 is 0. The molecule has 25 heavy (non-hydrogen) atoms. The number of benzene rings is 1. The van der Waals surface area contributed by atoms with Gasteiger partial charge in [0.05, 0.1) is 12.2 Å². The number of amides is 1. The number of carbonyl (C=O) groups excluding carboxylic acids is 1. The van der Waals surface area contributed by atoms with Gasteiger partial charge in [-0.3, -0.25) is 4.79 Å². The molecule has 0 saturated carbocycles. The van der Waals surface area contributed by atoms with Crippen LogP contribution in [0.5, 0.6) is 0 Å². The number of hydrogen-bond acceptors (Lipinski definition) is 4. The lowest BCUT2D eigenvalue weighted by molar-refractivity contribution is 0.0941. The molecule has 0 aliphatic carbocycles. The summed E-state index contributed by atoms with van der Waals surface area (Å²) in [7, 11) is 0. The second kappa shape index (κ2) is 8.20. The maximum atomic E-state index is 13.9. The van der Waals surface area contributed by atoms with Crippen molar-refractivity contribution in [1.29, 1.82) is 0 Å². The third kappa shape index (κ3) is 4.42. The van der Waals surface area contributed by atoms with E-state index in [-0.39, 0.29) is 23.5 Å². The van der Waals surface area contributed by atoms with Crippen molar-refractivity contribution in [2.75, 3.05) is 26.2 Å². The number of nitrogens with one attached hydrogen (secondary N) is 1. The standard InChI is InChI=1S/C18H24FN5O/c1-14(15-7-3-4-8-16(15)19)24-13-17(21-22-24)18(25)20-9-12-23-10-5-2-6-11-23/h3-4,7-8,13-14H,2,5-6,9-12H2,1H3,(H,20,25). The highest BCUT2D eigenvalue weighted by atomic mass is 19.1. The van der Waals surface area contributed by atoms with Gasteiger partial charge in [-0.15, -0.1) is 5.10 Å². The first-order valence-corrected chi connectivity index (χ1v) is 8.82. The quantitative estimate of drug-likeness (QED) is 0.872. The lowest BCUT2D eigenvalue weighted by atomic mass is 10.1. The Morgan fingerprint density at radius 2 is 2.04 bits per heavy atom. The molecule has 1 aromatic heterocycles. The summed E-state index contributed by atoms with van der Waals surface area (Å²) in [5, 5.41) is 10.8. The minimum atomic E-state index is -0.330. The molecule has 1 unspecified atom stereocenters. The van der Waals surface area contributed by atoms with Gasteiger partial charge >= 0.3 is 0 Å². The van der Waals surface area contributed by atoms with Gasteiger partial charge < -0.3 is 10.2 Å².